The fraction of sp³-hybridized carbons (Fsp3) is 0. The van der Waals surface area contributed by atoms with Gasteiger partial charge >= 0.3 is 0 Å². The summed E-state index contributed by atoms with van der Waals surface area (Å²) < 4.78 is 7.15. The molecule has 8 aromatic carbocycles. The Balaban J connectivity index is 1.15. The molecule has 0 saturated heterocycles. The van der Waals surface area contributed by atoms with E-state index in [1.165, 1.54) is 38.0 Å². The topological polar surface area (TPSA) is 40.6 Å². The molecule has 0 amide bonds. The van der Waals surface area contributed by atoms with Crippen molar-refractivity contribution in [3.05, 3.63) is 212 Å². The summed E-state index contributed by atoms with van der Waals surface area (Å²) in [5, 5.41) is 6.01. The summed E-state index contributed by atoms with van der Waals surface area (Å²) >= 11 is 0. The van der Waals surface area contributed by atoms with Crippen LogP contribution in [0.1, 0.15) is 0 Å². The summed E-state index contributed by atoms with van der Waals surface area (Å²) in [4.78, 5) is 10.4. The Morgan fingerprint density at radius 1 is 0.305 bits per heavy atom. The van der Waals surface area contributed by atoms with Crippen LogP contribution < -0.4 is 0 Å². The van der Waals surface area contributed by atoms with Gasteiger partial charge in [-0.25, -0.2) is 9.97 Å². The molecule has 0 atom stereocenters. The zero-order valence-electron chi connectivity index (χ0n) is 31.9. The van der Waals surface area contributed by atoms with Crippen LogP contribution in [0.3, 0.4) is 0 Å². The van der Waals surface area contributed by atoms with Crippen molar-refractivity contribution in [2.75, 3.05) is 0 Å². The Labute approximate surface area is 340 Å². The van der Waals surface area contributed by atoms with Crippen LogP contribution in [0.4, 0.5) is 0 Å². The molecule has 0 radical (unpaired) electrons. The molecule has 4 heterocycles. The molecule has 276 valence electrons. The summed E-state index contributed by atoms with van der Waals surface area (Å²) in [6, 6.07) is 73.2. The van der Waals surface area contributed by atoms with Crippen molar-refractivity contribution in [1.82, 2.24) is 23.7 Å². The number of nitrogens with zero attached hydrogens (tertiary/aromatic N) is 5. The molecule has 0 saturated carbocycles. The Morgan fingerprint density at radius 3 is 1.56 bits per heavy atom. The first kappa shape index (κ1) is 33.2. The first-order valence-corrected chi connectivity index (χ1v) is 20.0. The van der Waals surface area contributed by atoms with Crippen molar-refractivity contribution in [2.24, 2.45) is 0 Å². The second-order valence-corrected chi connectivity index (χ2v) is 15.1. The number of hydrogen-bond donors (Lipinski definition) is 0. The maximum Gasteiger partial charge on any atom is 0.160 e. The van der Waals surface area contributed by atoms with E-state index in [9.17, 15) is 0 Å². The van der Waals surface area contributed by atoms with Crippen molar-refractivity contribution in [3.8, 4) is 51.0 Å². The molecule has 0 fully saturated rings. The van der Waals surface area contributed by atoms with E-state index < -0.39 is 0 Å². The van der Waals surface area contributed by atoms with E-state index >= 15 is 0 Å². The van der Waals surface area contributed by atoms with Gasteiger partial charge in [0.05, 0.1) is 39.0 Å². The van der Waals surface area contributed by atoms with Gasteiger partial charge in [0.1, 0.15) is 0 Å². The van der Waals surface area contributed by atoms with E-state index in [1.807, 2.05) is 12.1 Å². The van der Waals surface area contributed by atoms with Crippen LogP contribution in [0, 0.1) is 0 Å². The van der Waals surface area contributed by atoms with E-state index in [-0.39, 0.29) is 0 Å². The molecule has 5 heteroatoms. The first-order valence-electron chi connectivity index (χ1n) is 20.0. The molecule has 12 rings (SSSR count). The minimum absolute atomic E-state index is 0.682. The highest BCUT2D eigenvalue weighted by molar-refractivity contribution is 6.23. The SMILES string of the molecule is c1ccc(-c2cc(-c3ccccc3)nc(-c3cccc(-n4c5cc6c7ccccc7n(-c7ccccc7)c6cc5c5ccc6c(ccn6-c6ccccc6)c54)c3)n2)cc1. The lowest BCUT2D eigenvalue weighted by molar-refractivity contribution is 1.13. The maximum absolute atomic E-state index is 5.21. The molecule has 12 aromatic rings. The quantitative estimate of drug-likeness (QED) is 0.170. The van der Waals surface area contributed by atoms with E-state index in [0.717, 1.165) is 61.7 Å². The van der Waals surface area contributed by atoms with Gasteiger partial charge in [0.2, 0.25) is 0 Å². The number of aromatic nitrogens is 5. The summed E-state index contributed by atoms with van der Waals surface area (Å²) in [5.74, 6) is 0.682. The van der Waals surface area contributed by atoms with Crippen molar-refractivity contribution in [3.63, 3.8) is 0 Å². The van der Waals surface area contributed by atoms with Crippen LogP contribution in [0.15, 0.2) is 212 Å². The van der Waals surface area contributed by atoms with Crippen molar-refractivity contribution in [2.45, 2.75) is 0 Å². The third-order valence-electron chi connectivity index (χ3n) is 11.7. The highest BCUT2D eigenvalue weighted by Crippen LogP contribution is 2.42. The van der Waals surface area contributed by atoms with Crippen LogP contribution in [-0.2, 0) is 0 Å². The lowest BCUT2D eigenvalue weighted by atomic mass is 10.1. The molecule has 0 aliphatic heterocycles. The zero-order valence-corrected chi connectivity index (χ0v) is 31.9. The van der Waals surface area contributed by atoms with Gasteiger partial charge in [-0.15, -0.1) is 0 Å². The monoisotopic (exact) mass is 753 g/mol. The minimum atomic E-state index is 0.682. The molecule has 5 nitrogen and oxygen atoms in total. The molecule has 59 heavy (non-hydrogen) atoms. The fourth-order valence-electron chi connectivity index (χ4n) is 9.00. The van der Waals surface area contributed by atoms with Gasteiger partial charge in [-0.2, -0.15) is 0 Å². The van der Waals surface area contributed by atoms with Gasteiger partial charge in [-0.3, -0.25) is 0 Å². The van der Waals surface area contributed by atoms with Crippen molar-refractivity contribution < 1.29 is 0 Å². The van der Waals surface area contributed by atoms with Crippen LogP contribution in [0.25, 0.3) is 105 Å². The summed E-state index contributed by atoms with van der Waals surface area (Å²) in [7, 11) is 0. The third kappa shape index (κ3) is 5.33. The standard InChI is InChI=1S/C54H35N5/c1-5-16-36(17-6-1)47-35-48(37-18-7-2-8-19-37)56-54(55-47)38-20-15-25-41(32-38)59-52-33-45-42-26-13-14-27-50(42)58(40-23-11-4-12-24-40)51(45)34-46(52)43-28-29-49-44(53(43)59)30-31-57(49)39-21-9-3-10-22-39/h1-35H. The average molecular weight is 754 g/mol. The second kappa shape index (κ2) is 13.3. The largest absolute Gasteiger partial charge is 0.316 e. The average Bonchev–Trinajstić information content (AvgIpc) is 3.99. The molecule has 0 unspecified atom stereocenters. The maximum atomic E-state index is 5.21. The third-order valence-corrected chi connectivity index (χ3v) is 11.7. The fourth-order valence-corrected chi connectivity index (χ4v) is 9.00. The number of hydrogen-bond acceptors (Lipinski definition) is 2. The number of fused-ring (bicyclic) bond motifs is 8. The van der Waals surface area contributed by atoms with Gasteiger partial charge < -0.3 is 13.7 Å². The molecule has 0 aliphatic rings. The predicted molar refractivity (Wildman–Crippen MR) is 244 cm³/mol. The molecule has 0 aliphatic carbocycles. The summed E-state index contributed by atoms with van der Waals surface area (Å²) in [6.45, 7) is 0. The van der Waals surface area contributed by atoms with Gasteiger partial charge in [0.15, 0.2) is 5.82 Å². The van der Waals surface area contributed by atoms with Crippen molar-refractivity contribution >= 4 is 54.5 Å². The number of para-hydroxylation sites is 3. The van der Waals surface area contributed by atoms with Crippen LogP contribution in [0.5, 0.6) is 0 Å². The Hall–Kier alpha value is -8.02. The number of benzene rings is 8. The minimum Gasteiger partial charge on any atom is -0.316 e. The van der Waals surface area contributed by atoms with Gasteiger partial charge in [-0.05, 0) is 72.8 Å². The van der Waals surface area contributed by atoms with Crippen LogP contribution >= 0.6 is 0 Å². The van der Waals surface area contributed by atoms with Crippen LogP contribution in [0.2, 0.25) is 0 Å². The van der Waals surface area contributed by atoms with Crippen LogP contribution in [-0.4, -0.2) is 23.7 Å². The lowest BCUT2D eigenvalue weighted by Crippen LogP contribution is -1.98. The van der Waals surface area contributed by atoms with E-state index in [4.69, 9.17) is 9.97 Å². The Kier molecular flexibility index (Phi) is 7.47. The van der Waals surface area contributed by atoms with Gasteiger partial charge in [0.25, 0.3) is 0 Å². The molecular weight excluding hydrogens is 719 g/mol. The Morgan fingerprint density at radius 2 is 0.864 bits per heavy atom. The molecule has 0 N–H and O–H groups in total. The van der Waals surface area contributed by atoms with E-state index in [2.05, 4.69) is 214 Å². The highest BCUT2D eigenvalue weighted by Gasteiger charge is 2.21. The summed E-state index contributed by atoms with van der Waals surface area (Å²) in [5.41, 5.74) is 14.0. The molecule has 4 aromatic heterocycles. The lowest BCUT2D eigenvalue weighted by Gasteiger charge is -2.13. The van der Waals surface area contributed by atoms with Gasteiger partial charge in [0, 0.05) is 66.9 Å². The predicted octanol–water partition coefficient (Wildman–Crippen LogP) is 13.6. The smallest absolute Gasteiger partial charge is 0.160 e. The normalized spacial score (nSPS) is 11.7. The van der Waals surface area contributed by atoms with E-state index in [1.54, 1.807) is 0 Å². The highest BCUT2D eigenvalue weighted by atomic mass is 15.0. The van der Waals surface area contributed by atoms with Crippen molar-refractivity contribution in [1.29, 1.82) is 0 Å². The molecule has 0 bridgehead atoms. The zero-order chi connectivity index (χ0) is 38.9. The molecular formula is C54H35N5. The first-order chi connectivity index (χ1) is 29.3. The Bertz CT molecular complexity index is 3470. The van der Waals surface area contributed by atoms with Gasteiger partial charge in [-0.1, -0.05) is 133 Å². The number of rotatable bonds is 6. The molecule has 0 spiro atoms. The summed E-state index contributed by atoms with van der Waals surface area (Å²) in [6.07, 6.45) is 2.19. The van der Waals surface area contributed by atoms with E-state index in [0.29, 0.717) is 5.82 Å². The second-order valence-electron chi connectivity index (χ2n) is 15.1.